The summed E-state index contributed by atoms with van der Waals surface area (Å²) in [6.07, 6.45) is 8.63. The highest BCUT2D eigenvalue weighted by Gasteiger charge is 2.37. The zero-order valence-electron chi connectivity index (χ0n) is 10.8. The lowest BCUT2D eigenvalue weighted by Crippen LogP contribution is -2.41. The molecule has 0 atom stereocenters. The summed E-state index contributed by atoms with van der Waals surface area (Å²) in [5.41, 5.74) is 10.9. The van der Waals surface area contributed by atoms with Gasteiger partial charge in [-0.25, -0.2) is 0 Å². The Morgan fingerprint density at radius 1 is 1.22 bits per heavy atom. The van der Waals surface area contributed by atoms with E-state index in [-0.39, 0.29) is 0 Å². The lowest BCUT2D eigenvalue weighted by Gasteiger charge is -2.42. The summed E-state index contributed by atoms with van der Waals surface area (Å²) >= 11 is 0. The minimum atomic E-state index is 0.296. The monoisotopic (exact) mass is 240 g/mol. The maximum atomic E-state index is 6.05. The van der Waals surface area contributed by atoms with E-state index in [4.69, 9.17) is 5.73 Å². The Morgan fingerprint density at radius 2 is 2.11 bits per heavy atom. The maximum Gasteiger partial charge on any atom is 0.0513 e. The fourth-order valence-electron chi connectivity index (χ4n) is 3.78. The van der Waals surface area contributed by atoms with Crippen molar-refractivity contribution >= 4 is 10.9 Å². The first-order chi connectivity index (χ1) is 8.82. The second-order valence-electron chi connectivity index (χ2n) is 6.02. The Bertz CT molecular complexity index is 599. The van der Waals surface area contributed by atoms with E-state index in [1.54, 1.807) is 5.56 Å². The number of hydrogen-bond donors (Lipinski definition) is 1. The molecule has 2 aromatic rings. The van der Waals surface area contributed by atoms with Crippen LogP contribution in [0, 0.1) is 0 Å². The van der Waals surface area contributed by atoms with Gasteiger partial charge in [0.05, 0.1) is 5.52 Å². The van der Waals surface area contributed by atoms with Crippen molar-refractivity contribution < 1.29 is 0 Å². The van der Waals surface area contributed by atoms with Gasteiger partial charge in [-0.3, -0.25) is 0 Å². The third-order valence-electron chi connectivity index (χ3n) is 5.10. The maximum absolute atomic E-state index is 6.05. The van der Waals surface area contributed by atoms with Crippen molar-refractivity contribution in [2.24, 2.45) is 5.73 Å². The zero-order valence-corrected chi connectivity index (χ0v) is 10.8. The molecule has 0 spiro atoms. The topological polar surface area (TPSA) is 30.9 Å². The van der Waals surface area contributed by atoms with Crippen molar-refractivity contribution in [1.82, 2.24) is 4.57 Å². The first-order valence-electron chi connectivity index (χ1n) is 7.15. The molecule has 2 heteroatoms. The average molecular weight is 240 g/mol. The van der Waals surface area contributed by atoms with Crippen molar-refractivity contribution in [3.05, 3.63) is 35.5 Å². The van der Waals surface area contributed by atoms with E-state index >= 15 is 0 Å². The van der Waals surface area contributed by atoms with Crippen LogP contribution in [0.1, 0.15) is 36.8 Å². The molecule has 1 aliphatic carbocycles. The van der Waals surface area contributed by atoms with Gasteiger partial charge in [0, 0.05) is 30.1 Å². The molecule has 0 bridgehead atoms. The standard InChI is InChI=1S/C16H20N2/c17-11-16(5-2-6-16)14-9-12-3-1-7-18-8-4-13(10-14)15(12)18/h4,8-10H,1-3,5-7,11,17H2. The number of nitrogens with two attached hydrogens (primary N) is 1. The summed E-state index contributed by atoms with van der Waals surface area (Å²) in [6, 6.07) is 7.12. The largest absolute Gasteiger partial charge is 0.347 e. The summed E-state index contributed by atoms with van der Waals surface area (Å²) in [5, 5.41) is 1.42. The number of benzene rings is 1. The van der Waals surface area contributed by atoms with Gasteiger partial charge >= 0.3 is 0 Å². The number of hydrogen-bond acceptors (Lipinski definition) is 1. The lowest BCUT2D eigenvalue weighted by molar-refractivity contribution is 0.253. The Morgan fingerprint density at radius 3 is 2.83 bits per heavy atom. The Labute approximate surface area is 108 Å². The molecular formula is C16H20N2. The normalized spacial score (nSPS) is 20.9. The van der Waals surface area contributed by atoms with Crippen LogP contribution in [-0.4, -0.2) is 11.1 Å². The van der Waals surface area contributed by atoms with Crippen LogP contribution in [0.15, 0.2) is 24.4 Å². The van der Waals surface area contributed by atoms with Gasteiger partial charge in [-0.1, -0.05) is 12.5 Å². The van der Waals surface area contributed by atoms with Gasteiger partial charge < -0.3 is 10.3 Å². The smallest absolute Gasteiger partial charge is 0.0513 e. The van der Waals surface area contributed by atoms with Crippen molar-refractivity contribution in [1.29, 1.82) is 0 Å². The van der Waals surface area contributed by atoms with Gasteiger partial charge in [-0.2, -0.15) is 0 Å². The van der Waals surface area contributed by atoms with Crippen molar-refractivity contribution in [2.45, 2.75) is 44.1 Å². The molecule has 1 aromatic carbocycles. The third-order valence-corrected chi connectivity index (χ3v) is 5.10. The number of aromatic nitrogens is 1. The van der Waals surface area contributed by atoms with E-state index < -0.39 is 0 Å². The van der Waals surface area contributed by atoms with Crippen LogP contribution in [0.25, 0.3) is 10.9 Å². The van der Waals surface area contributed by atoms with E-state index in [2.05, 4.69) is 29.0 Å². The lowest BCUT2D eigenvalue weighted by atomic mass is 9.64. The van der Waals surface area contributed by atoms with Crippen LogP contribution < -0.4 is 5.73 Å². The van der Waals surface area contributed by atoms with Gasteiger partial charge in [0.15, 0.2) is 0 Å². The van der Waals surface area contributed by atoms with Gasteiger partial charge in [-0.05, 0) is 48.9 Å². The first-order valence-corrected chi connectivity index (χ1v) is 7.15. The molecule has 1 aromatic heterocycles. The highest BCUT2D eigenvalue weighted by atomic mass is 15.0. The van der Waals surface area contributed by atoms with Crippen LogP contribution >= 0.6 is 0 Å². The molecular weight excluding hydrogens is 220 g/mol. The fraction of sp³-hybridized carbons (Fsp3) is 0.500. The molecule has 2 N–H and O–H groups in total. The highest BCUT2D eigenvalue weighted by molar-refractivity contribution is 5.85. The SMILES string of the molecule is NCC1(c2cc3c4c(ccn4CCC3)c2)CCC1. The highest BCUT2D eigenvalue weighted by Crippen LogP contribution is 2.44. The molecule has 1 aliphatic heterocycles. The summed E-state index contributed by atoms with van der Waals surface area (Å²) < 4.78 is 2.41. The first kappa shape index (κ1) is 10.6. The van der Waals surface area contributed by atoms with Crippen molar-refractivity contribution in [2.75, 3.05) is 6.54 Å². The van der Waals surface area contributed by atoms with E-state index in [0.717, 1.165) is 6.54 Å². The predicted octanol–water partition coefficient (Wildman–Crippen LogP) is 2.97. The minimum Gasteiger partial charge on any atom is -0.347 e. The Kier molecular flexibility index (Phi) is 2.13. The molecule has 1 saturated carbocycles. The van der Waals surface area contributed by atoms with E-state index in [9.17, 15) is 0 Å². The molecule has 2 nitrogen and oxygen atoms in total. The van der Waals surface area contributed by atoms with Crippen molar-refractivity contribution in [3.63, 3.8) is 0 Å². The summed E-state index contributed by atoms with van der Waals surface area (Å²) in [7, 11) is 0. The van der Waals surface area contributed by atoms with Crippen LogP contribution in [-0.2, 0) is 18.4 Å². The fourth-order valence-corrected chi connectivity index (χ4v) is 3.78. The summed E-state index contributed by atoms with van der Waals surface area (Å²) in [6.45, 7) is 1.98. The second kappa shape index (κ2) is 3.61. The van der Waals surface area contributed by atoms with Gasteiger partial charge in [0.1, 0.15) is 0 Å². The number of nitrogens with zero attached hydrogens (tertiary/aromatic N) is 1. The van der Waals surface area contributed by atoms with Crippen molar-refractivity contribution in [3.8, 4) is 0 Å². The Hall–Kier alpha value is -1.28. The molecule has 2 aliphatic rings. The number of aryl methyl sites for hydroxylation is 2. The molecule has 94 valence electrons. The Balaban J connectivity index is 1.93. The average Bonchev–Trinajstić information content (AvgIpc) is 2.74. The van der Waals surface area contributed by atoms with Crippen LogP contribution in [0.3, 0.4) is 0 Å². The third kappa shape index (κ3) is 1.27. The molecule has 0 unspecified atom stereocenters. The molecule has 0 radical (unpaired) electrons. The van der Waals surface area contributed by atoms with E-state index in [1.165, 1.54) is 55.1 Å². The molecule has 4 rings (SSSR count). The van der Waals surface area contributed by atoms with E-state index in [0.29, 0.717) is 5.41 Å². The molecule has 0 amide bonds. The van der Waals surface area contributed by atoms with E-state index in [1.807, 2.05) is 0 Å². The molecule has 0 saturated heterocycles. The van der Waals surface area contributed by atoms with Gasteiger partial charge in [0.2, 0.25) is 0 Å². The molecule has 18 heavy (non-hydrogen) atoms. The zero-order chi connectivity index (χ0) is 12.2. The van der Waals surface area contributed by atoms with Crippen LogP contribution in [0.4, 0.5) is 0 Å². The molecule has 2 heterocycles. The second-order valence-corrected chi connectivity index (χ2v) is 6.02. The molecule has 1 fully saturated rings. The minimum absolute atomic E-state index is 0.296. The summed E-state index contributed by atoms with van der Waals surface area (Å²) in [5.74, 6) is 0. The van der Waals surface area contributed by atoms with Gasteiger partial charge in [-0.15, -0.1) is 0 Å². The van der Waals surface area contributed by atoms with Crippen LogP contribution in [0.2, 0.25) is 0 Å². The number of rotatable bonds is 2. The van der Waals surface area contributed by atoms with Crippen LogP contribution in [0.5, 0.6) is 0 Å². The summed E-state index contributed by atoms with van der Waals surface area (Å²) in [4.78, 5) is 0. The quantitative estimate of drug-likeness (QED) is 0.859. The predicted molar refractivity (Wildman–Crippen MR) is 74.8 cm³/mol. The van der Waals surface area contributed by atoms with Gasteiger partial charge in [0.25, 0.3) is 0 Å².